The third kappa shape index (κ3) is 4.10. The van der Waals surface area contributed by atoms with Gasteiger partial charge in [0.05, 0.1) is 18.2 Å². The first-order valence-corrected chi connectivity index (χ1v) is 7.83. The number of para-hydroxylation sites is 1. The Morgan fingerprint density at radius 3 is 2.41 bits per heavy atom. The van der Waals surface area contributed by atoms with Crippen molar-refractivity contribution in [3.8, 4) is 5.75 Å². The highest BCUT2D eigenvalue weighted by Gasteiger charge is 2.16. The maximum absolute atomic E-state index is 12.6. The molecule has 0 fully saturated rings. The van der Waals surface area contributed by atoms with E-state index in [-0.39, 0.29) is 11.9 Å². The fourth-order valence-corrected chi connectivity index (χ4v) is 2.33. The van der Waals surface area contributed by atoms with Gasteiger partial charge in [-0.25, -0.2) is 0 Å². The fraction of sp³-hybridized carbons (Fsp3) is 0.316. The quantitative estimate of drug-likeness (QED) is 0.824. The number of rotatable bonds is 7. The van der Waals surface area contributed by atoms with Crippen LogP contribution in [0.5, 0.6) is 5.75 Å². The highest BCUT2D eigenvalue weighted by molar-refractivity contribution is 5.97. The lowest BCUT2D eigenvalue weighted by Gasteiger charge is -2.18. The Bertz CT molecular complexity index is 595. The Morgan fingerprint density at radius 2 is 1.73 bits per heavy atom. The minimum Gasteiger partial charge on any atom is -0.493 e. The van der Waals surface area contributed by atoms with E-state index in [0.29, 0.717) is 17.9 Å². The van der Waals surface area contributed by atoms with E-state index in [1.54, 1.807) is 6.07 Å². The van der Waals surface area contributed by atoms with Crippen LogP contribution in [0.3, 0.4) is 0 Å². The van der Waals surface area contributed by atoms with Crippen molar-refractivity contribution < 1.29 is 9.53 Å². The molecule has 3 heteroatoms. The van der Waals surface area contributed by atoms with Gasteiger partial charge in [0, 0.05) is 0 Å². The Hall–Kier alpha value is -2.29. The van der Waals surface area contributed by atoms with Crippen molar-refractivity contribution in [3.05, 3.63) is 65.7 Å². The van der Waals surface area contributed by atoms with E-state index in [9.17, 15) is 4.79 Å². The van der Waals surface area contributed by atoms with E-state index in [1.165, 1.54) is 0 Å². The first-order valence-electron chi connectivity index (χ1n) is 7.83. The highest BCUT2D eigenvalue weighted by Crippen LogP contribution is 2.21. The second-order valence-corrected chi connectivity index (χ2v) is 5.19. The van der Waals surface area contributed by atoms with Crippen LogP contribution >= 0.6 is 0 Å². The van der Waals surface area contributed by atoms with Gasteiger partial charge in [-0.2, -0.15) is 0 Å². The van der Waals surface area contributed by atoms with Crippen molar-refractivity contribution in [1.29, 1.82) is 0 Å². The van der Waals surface area contributed by atoms with Gasteiger partial charge in [-0.3, -0.25) is 4.79 Å². The van der Waals surface area contributed by atoms with Crippen molar-refractivity contribution in [1.82, 2.24) is 5.32 Å². The largest absolute Gasteiger partial charge is 0.493 e. The first-order chi connectivity index (χ1) is 10.8. The van der Waals surface area contributed by atoms with Crippen molar-refractivity contribution in [2.45, 2.75) is 32.7 Å². The minimum absolute atomic E-state index is 0.00734. The maximum atomic E-state index is 12.6. The Labute approximate surface area is 132 Å². The van der Waals surface area contributed by atoms with Crippen molar-refractivity contribution in [2.24, 2.45) is 0 Å². The van der Waals surface area contributed by atoms with Crippen LogP contribution in [0.25, 0.3) is 0 Å². The van der Waals surface area contributed by atoms with Crippen LogP contribution < -0.4 is 10.1 Å². The molecule has 2 aromatic carbocycles. The summed E-state index contributed by atoms with van der Waals surface area (Å²) >= 11 is 0. The van der Waals surface area contributed by atoms with Crippen molar-refractivity contribution in [3.63, 3.8) is 0 Å². The predicted octanol–water partition coefficient (Wildman–Crippen LogP) is 4.36. The van der Waals surface area contributed by atoms with Gasteiger partial charge in [-0.15, -0.1) is 0 Å². The Kier molecular flexibility index (Phi) is 6.01. The molecule has 1 unspecified atom stereocenters. The highest BCUT2D eigenvalue weighted by atomic mass is 16.5. The zero-order chi connectivity index (χ0) is 15.8. The second-order valence-electron chi connectivity index (χ2n) is 5.19. The summed E-state index contributed by atoms with van der Waals surface area (Å²) in [5.74, 6) is 0.548. The summed E-state index contributed by atoms with van der Waals surface area (Å²) < 4.78 is 5.67. The molecule has 0 aliphatic rings. The number of benzene rings is 2. The van der Waals surface area contributed by atoms with E-state index >= 15 is 0 Å². The van der Waals surface area contributed by atoms with Gasteiger partial charge in [0.15, 0.2) is 0 Å². The minimum atomic E-state index is -0.0950. The molecule has 0 aliphatic carbocycles. The lowest BCUT2D eigenvalue weighted by atomic mass is 10.0. The smallest absolute Gasteiger partial charge is 0.255 e. The molecule has 0 aliphatic heterocycles. The van der Waals surface area contributed by atoms with Crippen LogP contribution in [0.1, 0.15) is 48.7 Å². The molecular weight excluding hydrogens is 274 g/mol. The summed E-state index contributed by atoms with van der Waals surface area (Å²) in [5, 5.41) is 3.10. The Balaban J connectivity index is 2.14. The van der Waals surface area contributed by atoms with Crippen LogP contribution in [0.2, 0.25) is 0 Å². The zero-order valence-corrected chi connectivity index (χ0v) is 13.2. The first kappa shape index (κ1) is 16.1. The average molecular weight is 297 g/mol. The third-order valence-corrected chi connectivity index (χ3v) is 3.51. The zero-order valence-electron chi connectivity index (χ0n) is 13.2. The van der Waals surface area contributed by atoms with E-state index in [1.807, 2.05) is 55.5 Å². The molecular formula is C19H23NO2. The topological polar surface area (TPSA) is 38.3 Å². The van der Waals surface area contributed by atoms with Gasteiger partial charge in [0.1, 0.15) is 5.75 Å². The summed E-state index contributed by atoms with van der Waals surface area (Å²) in [4.78, 5) is 12.6. The van der Waals surface area contributed by atoms with Crippen LogP contribution in [0, 0.1) is 0 Å². The van der Waals surface area contributed by atoms with Gasteiger partial charge in [0.25, 0.3) is 5.91 Å². The maximum Gasteiger partial charge on any atom is 0.255 e. The molecule has 2 rings (SSSR count). The van der Waals surface area contributed by atoms with Gasteiger partial charge >= 0.3 is 0 Å². The molecule has 1 amide bonds. The monoisotopic (exact) mass is 297 g/mol. The molecule has 0 spiro atoms. The summed E-state index contributed by atoms with van der Waals surface area (Å²) in [5.41, 5.74) is 1.70. The summed E-state index contributed by atoms with van der Waals surface area (Å²) in [6, 6.07) is 17.4. The van der Waals surface area contributed by atoms with Crippen LogP contribution in [0.15, 0.2) is 54.6 Å². The van der Waals surface area contributed by atoms with E-state index in [2.05, 4.69) is 12.2 Å². The van der Waals surface area contributed by atoms with Gasteiger partial charge < -0.3 is 10.1 Å². The lowest BCUT2D eigenvalue weighted by Crippen LogP contribution is -2.28. The number of nitrogens with one attached hydrogen (secondary N) is 1. The summed E-state index contributed by atoms with van der Waals surface area (Å²) in [6.45, 7) is 4.73. The van der Waals surface area contributed by atoms with E-state index in [0.717, 1.165) is 18.4 Å². The third-order valence-electron chi connectivity index (χ3n) is 3.51. The Morgan fingerprint density at radius 1 is 1.05 bits per heavy atom. The molecule has 116 valence electrons. The van der Waals surface area contributed by atoms with E-state index in [4.69, 9.17) is 4.74 Å². The average Bonchev–Trinajstić information content (AvgIpc) is 2.58. The molecule has 3 nitrogen and oxygen atoms in total. The molecule has 0 saturated carbocycles. The molecule has 0 aromatic heterocycles. The molecule has 22 heavy (non-hydrogen) atoms. The van der Waals surface area contributed by atoms with Gasteiger partial charge in [0.2, 0.25) is 0 Å². The number of hydrogen-bond acceptors (Lipinski definition) is 2. The number of hydrogen-bond donors (Lipinski definition) is 1. The second kappa shape index (κ2) is 8.23. The SMILES string of the molecule is CCCOc1ccccc1C(=O)NC(CC)c1ccccc1. The standard InChI is InChI=1S/C19H23NO2/c1-3-14-22-18-13-9-8-12-16(18)19(21)20-17(4-2)15-10-6-5-7-11-15/h5-13,17H,3-4,14H2,1-2H3,(H,20,21). The molecule has 0 heterocycles. The van der Waals surface area contributed by atoms with Crippen LogP contribution in [0.4, 0.5) is 0 Å². The lowest BCUT2D eigenvalue weighted by molar-refractivity contribution is 0.0931. The predicted molar refractivity (Wildman–Crippen MR) is 89.2 cm³/mol. The van der Waals surface area contributed by atoms with Crippen LogP contribution in [-0.2, 0) is 0 Å². The summed E-state index contributed by atoms with van der Waals surface area (Å²) in [7, 11) is 0. The summed E-state index contributed by atoms with van der Waals surface area (Å²) in [6.07, 6.45) is 1.76. The number of carbonyl (C=O) groups is 1. The molecule has 0 radical (unpaired) electrons. The molecule has 1 atom stereocenters. The molecule has 1 N–H and O–H groups in total. The van der Waals surface area contributed by atoms with Crippen molar-refractivity contribution in [2.75, 3.05) is 6.61 Å². The number of amides is 1. The van der Waals surface area contributed by atoms with Gasteiger partial charge in [-0.05, 0) is 30.5 Å². The molecule has 0 saturated heterocycles. The molecule has 2 aromatic rings. The van der Waals surface area contributed by atoms with E-state index < -0.39 is 0 Å². The molecule has 0 bridgehead atoms. The van der Waals surface area contributed by atoms with Crippen molar-refractivity contribution >= 4 is 5.91 Å². The number of ether oxygens (including phenoxy) is 1. The fourth-order valence-electron chi connectivity index (χ4n) is 2.33. The normalized spacial score (nSPS) is 11.7. The van der Waals surface area contributed by atoms with Crippen LogP contribution in [-0.4, -0.2) is 12.5 Å². The number of carbonyl (C=O) groups excluding carboxylic acids is 1. The van der Waals surface area contributed by atoms with Gasteiger partial charge in [-0.1, -0.05) is 56.3 Å².